The summed E-state index contributed by atoms with van der Waals surface area (Å²) in [5.41, 5.74) is 3.86. The Hall–Kier alpha value is -1.46. The van der Waals surface area contributed by atoms with Gasteiger partial charge in [-0.1, -0.05) is 57.9 Å². The smallest absolute Gasteiger partial charge is 0.143 e. The molecular weight excluding hydrogens is 300 g/mol. The first-order chi connectivity index (χ1) is 9.84. The van der Waals surface area contributed by atoms with E-state index in [0.717, 1.165) is 16.0 Å². The van der Waals surface area contributed by atoms with Crippen molar-refractivity contribution >= 4 is 29.9 Å². The van der Waals surface area contributed by atoms with Gasteiger partial charge < -0.3 is 5.11 Å². The predicted octanol–water partition coefficient (Wildman–Crippen LogP) is 4.58. The van der Waals surface area contributed by atoms with Gasteiger partial charge in [-0.05, 0) is 23.5 Å². The van der Waals surface area contributed by atoms with Crippen molar-refractivity contribution < 1.29 is 5.11 Å². The summed E-state index contributed by atoms with van der Waals surface area (Å²) in [6.07, 6.45) is 0. The van der Waals surface area contributed by atoms with Crippen LogP contribution in [0, 0.1) is 0 Å². The lowest BCUT2D eigenvalue weighted by Gasteiger charge is -2.19. The standard InChI is InChI=1S/C16H20N2OS2/c1-10(17-18-20)13-9-21-15(14(13)19)11-5-7-12(8-6-11)16(2,3)4/h5-9,18-20H,1-4H3/b17-10+. The molecule has 1 aromatic heterocycles. The number of nitrogens with one attached hydrogen (secondary N) is 1. The maximum Gasteiger partial charge on any atom is 0.143 e. The molecule has 0 saturated carbocycles. The molecule has 0 spiro atoms. The molecule has 5 heteroatoms. The van der Waals surface area contributed by atoms with E-state index in [0.29, 0.717) is 5.71 Å². The molecule has 2 N–H and O–H groups in total. The van der Waals surface area contributed by atoms with E-state index in [9.17, 15) is 5.11 Å². The predicted molar refractivity (Wildman–Crippen MR) is 94.5 cm³/mol. The van der Waals surface area contributed by atoms with Crippen molar-refractivity contribution in [3.8, 4) is 16.2 Å². The Kier molecular flexibility index (Phi) is 4.64. The van der Waals surface area contributed by atoms with Gasteiger partial charge >= 0.3 is 0 Å². The molecule has 112 valence electrons. The molecular formula is C16H20N2OS2. The van der Waals surface area contributed by atoms with Crippen LogP contribution in [0.2, 0.25) is 0 Å². The number of benzene rings is 1. The van der Waals surface area contributed by atoms with Crippen molar-refractivity contribution in [1.82, 2.24) is 4.83 Å². The summed E-state index contributed by atoms with van der Waals surface area (Å²) in [6, 6.07) is 8.34. The summed E-state index contributed by atoms with van der Waals surface area (Å²) in [5, 5.41) is 16.3. The lowest BCUT2D eigenvalue weighted by molar-refractivity contribution is 0.478. The Morgan fingerprint density at radius 1 is 1.24 bits per heavy atom. The molecule has 3 nitrogen and oxygen atoms in total. The minimum Gasteiger partial charge on any atom is -0.506 e. The molecule has 0 unspecified atom stereocenters. The maximum atomic E-state index is 10.4. The van der Waals surface area contributed by atoms with Crippen LogP contribution in [0.1, 0.15) is 38.8 Å². The van der Waals surface area contributed by atoms with E-state index in [1.807, 2.05) is 12.3 Å². The molecule has 0 amide bonds. The second-order valence-corrected chi connectivity index (χ2v) is 7.03. The van der Waals surface area contributed by atoms with Gasteiger partial charge in [0.05, 0.1) is 16.2 Å². The van der Waals surface area contributed by atoms with Gasteiger partial charge in [-0.15, -0.1) is 11.3 Å². The van der Waals surface area contributed by atoms with Crippen molar-refractivity contribution in [3.63, 3.8) is 0 Å². The summed E-state index contributed by atoms with van der Waals surface area (Å²) in [7, 11) is 0. The average Bonchev–Trinajstić information content (AvgIpc) is 2.80. The number of hydrazone groups is 1. The lowest BCUT2D eigenvalue weighted by Crippen LogP contribution is -2.10. The summed E-state index contributed by atoms with van der Waals surface area (Å²) >= 11 is 5.36. The van der Waals surface area contributed by atoms with E-state index in [2.05, 4.69) is 67.8 Å². The number of hydrogen-bond donors (Lipinski definition) is 3. The normalized spacial score (nSPS) is 12.5. The number of hydrogen-bond acceptors (Lipinski definition) is 5. The summed E-state index contributed by atoms with van der Waals surface area (Å²) in [5.74, 6) is 0.272. The molecule has 0 radical (unpaired) electrons. The summed E-state index contributed by atoms with van der Waals surface area (Å²) in [6.45, 7) is 8.39. The molecule has 2 rings (SSSR count). The van der Waals surface area contributed by atoms with Gasteiger partial charge in [0.25, 0.3) is 0 Å². The summed E-state index contributed by atoms with van der Waals surface area (Å²) in [4.78, 5) is 3.30. The zero-order valence-electron chi connectivity index (χ0n) is 12.6. The molecule has 0 fully saturated rings. The summed E-state index contributed by atoms with van der Waals surface area (Å²) < 4.78 is 0. The van der Waals surface area contributed by atoms with Gasteiger partial charge in [-0.3, -0.25) is 4.83 Å². The fraction of sp³-hybridized carbons (Fsp3) is 0.312. The van der Waals surface area contributed by atoms with Crippen LogP contribution in [0.4, 0.5) is 0 Å². The van der Waals surface area contributed by atoms with Gasteiger partial charge in [-0.25, -0.2) is 0 Å². The second-order valence-electron chi connectivity index (χ2n) is 5.95. The fourth-order valence-electron chi connectivity index (χ4n) is 2.07. The second kappa shape index (κ2) is 6.12. The first-order valence-corrected chi connectivity index (χ1v) is 8.02. The molecule has 0 atom stereocenters. The maximum absolute atomic E-state index is 10.4. The topological polar surface area (TPSA) is 44.6 Å². The van der Waals surface area contributed by atoms with Crippen LogP contribution in [-0.4, -0.2) is 10.8 Å². The number of rotatable bonds is 3. The highest BCUT2D eigenvalue weighted by atomic mass is 32.1. The van der Waals surface area contributed by atoms with Crippen molar-refractivity contribution in [1.29, 1.82) is 0 Å². The van der Waals surface area contributed by atoms with E-state index in [-0.39, 0.29) is 11.2 Å². The molecule has 2 aromatic rings. The number of nitrogens with zero attached hydrogens (tertiary/aromatic N) is 1. The molecule has 0 aliphatic heterocycles. The van der Waals surface area contributed by atoms with Crippen LogP contribution in [0.3, 0.4) is 0 Å². The van der Waals surface area contributed by atoms with Crippen molar-refractivity contribution in [2.75, 3.05) is 0 Å². The van der Waals surface area contributed by atoms with Crippen LogP contribution in [-0.2, 0) is 5.41 Å². The zero-order chi connectivity index (χ0) is 15.6. The van der Waals surface area contributed by atoms with E-state index in [4.69, 9.17) is 0 Å². The van der Waals surface area contributed by atoms with Crippen molar-refractivity contribution in [3.05, 3.63) is 40.8 Å². The fourth-order valence-corrected chi connectivity index (χ4v) is 3.23. The lowest BCUT2D eigenvalue weighted by atomic mass is 9.86. The molecule has 0 saturated heterocycles. The highest BCUT2D eigenvalue weighted by Gasteiger charge is 2.16. The average molecular weight is 320 g/mol. The number of thiol groups is 1. The quantitative estimate of drug-likeness (QED) is 0.440. The van der Waals surface area contributed by atoms with Gasteiger partial charge in [0.1, 0.15) is 5.75 Å². The van der Waals surface area contributed by atoms with Crippen LogP contribution >= 0.6 is 24.2 Å². The largest absolute Gasteiger partial charge is 0.506 e. The van der Waals surface area contributed by atoms with Crippen LogP contribution < -0.4 is 4.83 Å². The minimum absolute atomic E-state index is 0.128. The number of thiophene rings is 1. The van der Waals surface area contributed by atoms with E-state index < -0.39 is 0 Å². The van der Waals surface area contributed by atoms with Gasteiger partial charge in [-0.2, -0.15) is 5.10 Å². The molecule has 0 aliphatic rings. The Morgan fingerprint density at radius 3 is 2.38 bits per heavy atom. The minimum atomic E-state index is 0.128. The molecule has 21 heavy (non-hydrogen) atoms. The van der Waals surface area contributed by atoms with Gasteiger partial charge in [0.2, 0.25) is 0 Å². The third kappa shape index (κ3) is 3.41. The monoisotopic (exact) mass is 320 g/mol. The Labute approximate surface area is 135 Å². The van der Waals surface area contributed by atoms with Crippen molar-refractivity contribution in [2.24, 2.45) is 5.10 Å². The van der Waals surface area contributed by atoms with E-state index in [1.165, 1.54) is 16.9 Å². The Morgan fingerprint density at radius 2 is 1.86 bits per heavy atom. The molecule has 0 aliphatic carbocycles. The number of aromatic hydroxyl groups is 1. The third-order valence-electron chi connectivity index (χ3n) is 3.39. The van der Waals surface area contributed by atoms with Crippen LogP contribution in [0.5, 0.6) is 5.75 Å². The van der Waals surface area contributed by atoms with Gasteiger partial charge in [0, 0.05) is 5.38 Å². The van der Waals surface area contributed by atoms with Gasteiger partial charge in [0.15, 0.2) is 0 Å². The molecule has 1 aromatic carbocycles. The van der Waals surface area contributed by atoms with E-state index in [1.54, 1.807) is 0 Å². The highest BCUT2D eigenvalue weighted by molar-refractivity contribution is 7.78. The molecule has 0 bridgehead atoms. The Balaban J connectivity index is 2.38. The van der Waals surface area contributed by atoms with Crippen LogP contribution in [0.15, 0.2) is 34.7 Å². The van der Waals surface area contributed by atoms with Crippen molar-refractivity contribution in [2.45, 2.75) is 33.1 Å². The highest BCUT2D eigenvalue weighted by Crippen LogP contribution is 2.39. The first kappa shape index (κ1) is 15.9. The Bertz CT molecular complexity index is 652. The SMILES string of the molecule is C/C(=N\NS)c1csc(-c2ccc(C(C)(C)C)cc2)c1O. The third-order valence-corrected chi connectivity index (χ3v) is 4.50. The van der Waals surface area contributed by atoms with E-state index >= 15 is 0 Å². The molecule has 1 heterocycles. The van der Waals surface area contributed by atoms with Crippen LogP contribution in [0.25, 0.3) is 10.4 Å². The first-order valence-electron chi connectivity index (χ1n) is 6.69. The zero-order valence-corrected chi connectivity index (χ0v) is 14.3.